The van der Waals surface area contributed by atoms with E-state index in [2.05, 4.69) is 24.3 Å². The molecule has 0 amide bonds. The molecule has 0 saturated heterocycles. The molecule has 0 spiro atoms. The number of nitrogens with one attached hydrogen (secondary N) is 1. The second kappa shape index (κ2) is 8.12. The number of aromatic nitrogens is 2. The highest BCUT2D eigenvalue weighted by Crippen LogP contribution is 2.22. The first-order valence-electron chi connectivity index (χ1n) is 8.70. The molecular formula is C18H29N4O2S+. The third-order valence-corrected chi connectivity index (χ3v) is 6.69. The van der Waals surface area contributed by atoms with Crippen molar-refractivity contribution in [3.63, 3.8) is 0 Å². The van der Waals surface area contributed by atoms with E-state index in [0.29, 0.717) is 36.0 Å². The number of sulfonamides is 1. The molecule has 2 aromatic rings. The summed E-state index contributed by atoms with van der Waals surface area (Å²) in [5.41, 5.74) is 2.52. The van der Waals surface area contributed by atoms with Crippen molar-refractivity contribution >= 4 is 10.0 Å². The molecule has 2 rings (SSSR count). The molecule has 25 heavy (non-hydrogen) atoms. The number of nitrogens with zero attached hydrogens (tertiary/aromatic N) is 3. The Bertz CT molecular complexity index is 796. The summed E-state index contributed by atoms with van der Waals surface area (Å²) >= 11 is 0. The summed E-state index contributed by atoms with van der Waals surface area (Å²) in [5.74, 6) is 0. The van der Waals surface area contributed by atoms with E-state index in [-0.39, 0.29) is 0 Å². The predicted octanol–water partition coefficient (Wildman–Crippen LogP) is 1.20. The Kier molecular flexibility index (Phi) is 6.37. The van der Waals surface area contributed by atoms with Crippen LogP contribution in [0.4, 0.5) is 0 Å². The van der Waals surface area contributed by atoms with E-state index in [9.17, 15) is 8.42 Å². The van der Waals surface area contributed by atoms with Gasteiger partial charge >= 0.3 is 0 Å². The summed E-state index contributed by atoms with van der Waals surface area (Å²) in [6.07, 6.45) is 0. The number of hydrogen-bond acceptors (Lipinski definition) is 3. The number of benzene rings is 1. The first-order chi connectivity index (χ1) is 11.8. The Balaban J connectivity index is 2.24. The van der Waals surface area contributed by atoms with E-state index in [0.717, 1.165) is 6.54 Å². The maximum absolute atomic E-state index is 12.9. The lowest BCUT2D eigenvalue weighted by Crippen LogP contribution is -3.07. The van der Waals surface area contributed by atoms with Gasteiger partial charge in [0, 0.05) is 18.7 Å². The van der Waals surface area contributed by atoms with Crippen molar-refractivity contribution in [3.05, 3.63) is 47.3 Å². The highest BCUT2D eigenvalue weighted by Gasteiger charge is 2.29. The molecule has 0 bridgehead atoms. The molecule has 138 valence electrons. The number of rotatable bonds is 8. The zero-order valence-electron chi connectivity index (χ0n) is 15.8. The molecule has 0 radical (unpaired) electrons. The van der Waals surface area contributed by atoms with Crippen LogP contribution < -0.4 is 4.90 Å². The molecule has 1 atom stereocenters. The van der Waals surface area contributed by atoms with Gasteiger partial charge in [-0.15, -0.1) is 0 Å². The van der Waals surface area contributed by atoms with Crippen LogP contribution in [0.15, 0.2) is 35.2 Å². The van der Waals surface area contributed by atoms with Gasteiger partial charge in [0.15, 0.2) is 6.67 Å². The summed E-state index contributed by atoms with van der Waals surface area (Å²) < 4.78 is 29.1. The maximum Gasteiger partial charge on any atom is 0.246 e. The smallest absolute Gasteiger partial charge is 0.246 e. The quantitative estimate of drug-likeness (QED) is 0.765. The van der Waals surface area contributed by atoms with Gasteiger partial charge in [-0.1, -0.05) is 44.2 Å². The van der Waals surface area contributed by atoms with E-state index in [1.165, 1.54) is 14.8 Å². The van der Waals surface area contributed by atoms with Crippen LogP contribution in [0.1, 0.15) is 30.8 Å². The van der Waals surface area contributed by atoms with Gasteiger partial charge < -0.3 is 4.90 Å². The van der Waals surface area contributed by atoms with Crippen molar-refractivity contribution in [2.75, 3.05) is 20.1 Å². The predicted molar refractivity (Wildman–Crippen MR) is 98.8 cm³/mol. The molecule has 0 fully saturated rings. The van der Waals surface area contributed by atoms with Crippen molar-refractivity contribution in [2.45, 2.75) is 45.8 Å². The average Bonchev–Trinajstić information content (AvgIpc) is 2.83. The summed E-state index contributed by atoms with van der Waals surface area (Å²) in [5, 5.41) is 4.50. The second-order valence-corrected chi connectivity index (χ2v) is 8.24. The zero-order valence-corrected chi connectivity index (χ0v) is 16.6. The third kappa shape index (κ3) is 4.29. The van der Waals surface area contributed by atoms with Gasteiger partial charge in [0.25, 0.3) is 0 Å². The van der Waals surface area contributed by atoms with Gasteiger partial charge in [-0.05, 0) is 13.8 Å². The van der Waals surface area contributed by atoms with E-state index in [1.807, 2.05) is 43.7 Å². The topological polar surface area (TPSA) is 59.6 Å². The van der Waals surface area contributed by atoms with Gasteiger partial charge in [-0.3, -0.25) is 0 Å². The average molecular weight is 366 g/mol. The standard InChI is InChI=1S/C18H28N4O2S/c1-6-21(7-2)25(23,24)18-15(3)19-22(16(18)4)14-20(5)13-17-11-9-8-10-12-17/h8-12H,6-7,13-14H2,1-5H3/p+1. The van der Waals surface area contributed by atoms with Crippen LogP contribution in [-0.2, 0) is 23.2 Å². The summed E-state index contributed by atoms with van der Waals surface area (Å²) in [6, 6.07) is 10.3. The Morgan fingerprint density at radius 2 is 1.72 bits per heavy atom. The molecule has 7 heteroatoms. The first kappa shape index (κ1) is 19.6. The van der Waals surface area contributed by atoms with E-state index in [4.69, 9.17) is 0 Å². The molecule has 0 saturated carbocycles. The summed E-state index contributed by atoms with van der Waals surface area (Å²) in [4.78, 5) is 1.59. The number of aryl methyl sites for hydroxylation is 1. The minimum absolute atomic E-state index is 0.351. The highest BCUT2D eigenvalue weighted by atomic mass is 32.2. The van der Waals surface area contributed by atoms with Crippen LogP contribution >= 0.6 is 0 Å². The molecule has 6 nitrogen and oxygen atoms in total. The lowest BCUT2D eigenvalue weighted by molar-refractivity contribution is -0.917. The first-order valence-corrected chi connectivity index (χ1v) is 10.1. The zero-order chi connectivity index (χ0) is 18.6. The second-order valence-electron chi connectivity index (χ2n) is 6.37. The van der Waals surface area contributed by atoms with Crippen molar-refractivity contribution in [2.24, 2.45) is 0 Å². The van der Waals surface area contributed by atoms with Gasteiger partial charge in [-0.25, -0.2) is 13.1 Å². The van der Waals surface area contributed by atoms with E-state index >= 15 is 0 Å². The molecule has 0 aliphatic heterocycles. The highest BCUT2D eigenvalue weighted by molar-refractivity contribution is 7.89. The minimum atomic E-state index is -3.50. The molecule has 1 aromatic heterocycles. The van der Waals surface area contributed by atoms with Gasteiger partial charge in [0.2, 0.25) is 10.0 Å². The maximum atomic E-state index is 12.9. The molecule has 1 heterocycles. The Hall–Kier alpha value is -1.70. The Morgan fingerprint density at radius 1 is 1.12 bits per heavy atom. The summed E-state index contributed by atoms with van der Waals surface area (Å²) in [6.45, 7) is 9.72. The molecule has 0 aliphatic rings. The minimum Gasteiger partial charge on any atom is -0.315 e. The van der Waals surface area contributed by atoms with E-state index < -0.39 is 10.0 Å². The van der Waals surface area contributed by atoms with Crippen LogP contribution in [0, 0.1) is 13.8 Å². The van der Waals surface area contributed by atoms with Crippen molar-refractivity contribution in [3.8, 4) is 0 Å². The molecule has 0 aliphatic carbocycles. The van der Waals surface area contributed by atoms with Crippen LogP contribution in [0.2, 0.25) is 0 Å². The fourth-order valence-electron chi connectivity index (χ4n) is 3.16. The van der Waals surface area contributed by atoms with Crippen molar-refractivity contribution in [1.82, 2.24) is 14.1 Å². The SMILES string of the molecule is CCN(CC)S(=O)(=O)c1c(C)nn(C[NH+](C)Cc2ccccc2)c1C. The number of quaternary nitrogens is 1. The third-order valence-electron chi connectivity index (χ3n) is 4.39. The lowest BCUT2D eigenvalue weighted by Gasteiger charge is -2.19. The van der Waals surface area contributed by atoms with Crippen LogP contribution in [0.3, 0.4) is 0 Å². The lowest BCUT2D eigenvalue weighted by atomic mass is 10.2. The van der Waals surface area contributed by atoms with Gasteiger partial charge in [0.05, 0.1) is 18.4 Å². The number of hydrogen-bond donors (Lipinski definition) is 1. The molecular weight excluding hydrogens is 336 g/mol. The fourth-order valence-corrected chi connectivity index (χ4v) is 4.99. The van der Waals surface area contributed by atoms with Gasteiger partial charge in [-0.2, -0.15) is 9.40 Å². The Labute approximate surface area is 151 Å². The van der Waals surface area contributed by atoms with Gasteiger partial charge in [0.1, 0.15) is 11.4 Å². The van der Waals surface area contributed by atoms with E-state index in [1.54, 1.807) is 6.92 Å². The van der Waals surface area contributed by atoms with Crippen molar-refractivity contribution in [1.29, 1.82) is 0 Å². The Morgan fingerprint density at radius 3 is 2.28 bits per heavy atom. The fraction of sp³-hybridized carbons (Fsp3) is 0.500. The van der Waals surface area contributed by atoms with Crippen LogP contribution in [0.25, 0.3) is 0 Å². The van der Waals surface area contributed by atoms with Crippen LogP contribution in [-0.4, -0.2) is 42.6 Å². The van der Waals surface area contributed by atoms with Crippen molar-refractivity contribution < 1.29 is 13.3 Å². The summed E-state index contributed by atoms with van der Waals surface area (Å²) in [7, 11) is -1.41. The molecule has 1 N–H and O–H groups in total. The largest absolute Gasteiger partial charge is 0.315 e. The normalized spacial score (nSPS) is 13.4. The van der Waals surface area contributed by atoms with Crippen LogP contribution in [0.5, 0.6) is 0 Å². The molecule has 1 unspecified atom stereocenters. The monoisotopic (exact) mass is 365 g/mol. The molecule has 1 aromatic carbocycles.